The molecule has 0 heterocycles. The summed E-state index contributed by atoms with van der Waals surface area (Å²) >= 11 is 20.6. The molecule has 0 saturated heterocycles. The summed E-state index contributed by atoms with van der Waals surface area (Å²) < 4.78 is 41.6. The van der Waals surface area contributed by atoms with Gasteiger partial charge in [-0.2, -0.15) is 0 Å². The monoisotopic (exact) mass is 986 g/mol. The van der Waals surface area contributed by atoms with Crippen molar-refractivity contribution in [2.45, 2.75) is 18.5 Å². The highest BCUT2D eigenvalue weighted by molar-refractivity contribution is 9.08. The Hall–Kier alpha value is -5.51. The van der Waals surface area contributed by atoms with E-state index in [1.807, 2.05) is 72.8 Å². The summed E-state index contributed by atoms with van der Waals surface area (Å²) in [5.74, 6) is 3.02. The molecule has 2 N–H and O–H groups in total. The minimum Gasteiger partial charge on any atom is -0.507 e. The second-order valence-corrected chi connectivity index (χ2v) is 14.4. The van der Waals surface area contributed by atoms with Crippen molar-refractivity contribution in [3.8, 4) is 40.2 Å². The van der Waals surface area contributed by atoms with Crippen LogP contribution < -0.4 is 23.7 Å². The van der Waals surface area contributed by atoms with E-state index in [0.29, 0.717) is 69.9 Å². The first kappa shape index (κ1) is 51.8. The van der Waals surface area contributed by atoms with Crippen LogP contribution in [0.4, 0.5) is 0 Å². The van der Waals surface area contributed by atoms with Crippen LogP contribution in [0.5, 0.6) is 40.2 Å². The maximum Gasteiger partial charge on any atom is 0.188 e. The van der Waals surface area contributed by atoms with Crippen molar-refractivity contribution in [3.05, 3.63) is 170 Å². The van der Waals surface area contributed by atoms with E-state index in [2.05, 4.69) is 15.9 Å². The van der Waals surface area contributed by atoms with Gasteiger partial charge in [0.2, 0.25) is 0 Å². The van der Waals surface area contributed by atoms with E-state index >= 15 is 0 Å². The number of rotatable bonds is 18. The fourth-order valence-electron chi connectivity index (χ4n) is 4.82. The molecule has 63 heavy (non-hydrogen) atoms. The zero-order chi connectivity index (χ0) is 45.8. The van der Waals surface area contributed by atoms with Gasteiger partial charge in [0.05, 0.1) is 11.1 Å². The molecule has 16 heteroatoms. The predicted octanol–water partition coefficient (Wildman–Crippen LogP) is 11.7. The first-order valence-corrected chi connectivity index (χ1v) is 20.9. The van der Waals surface area contributed by atoms with Crippen molar-refractivity contribution in [2.75, 3.05) is 41.7 Å². The lowest BCUT2D eigenvalue weighted by molar-refractivity contribution is 0.0508. The molecule has 0 aromatic heterocycles. The van der Waals surface area contributed by atoms with Crippen LogP contribution >= 0.6 is 50.7 Å². The lowest BCUT2D eigenvalue weighted by Gasteiger charge is -2.10. The Morgan fingerprint density at radius 2 is 0.889 bits per heavy atom. The summed E-state index contributed by atoms with van der Waals surface area (Å²) in [5, 5.41) is 20.9. The highest BCUT2D eigenvalue weighted by Gasteiger charge is 2.07. The number of alkyl halides is 1. The van der Waals surface area contributed by atoms with Gasteiger partial charge in [-0.05, 0) is 102 Å². The maximum atomic E-state index is 11.0. The topological polar surface area (TPSA) is 148 Å². The second kappa shape index (κ2) is 29.7. The van der Waals surface area contributed by atoms with Crippen molar-refractivity contribution in [2.24, 2.45) is 0 Å². The largest absolute Gasteiger partial charge is 0.507 e. The van der Waals surface area contributed by atoms with Gasteiger partial charge in [-0.15, -0.1) is 0 Å². The molecule has 0 bridgehead atoms. The molecule has 0 radical (unpaired) electrons. The standard InChI is InChI=1S/C16H15ClO4.C15H15ClO4.C9H11BrO2.C7H5ClO2/c1-19-11-21-15-4-2-3-12(7-15)10-20-16-8-14(17)6-5-13(16)9-18;1-18-10-20-13-4-2-3-11(7-13)9-19-15-8-12(16)5-6-14(15)17;1-11-7-12-9-4-2-3-8(5-9)6-10;8-6-2-1-5(4-9)7(10)3-6/h2-9H,10-11H2,1H3;2-8,17H,9-10H2,1H3;2-5H,6-7H2,1H3;1-4,10H. The molecular weight excluding hydrogens is 943 g/mol. The third-order valence-electron chi connectivity index (χ3n) is 7.81. The van der Waals surface area contributed by atoms with Crippen LogP contribution in [-0.4, -0.2) is 64.5 Å². The lowest BCUT2D eigenvalue weighted by Crippen LogP contribution is -2.01. The number of carbonyl (C=O) groups excluding carboxylic acids is 2. The van der Waals surface area contributed by atoms with Crippen LogP contribution in [-0.2, 0) is 32.8 Å². The molecule has 6 rings (SSSR count). The lowest BCUT2D eigenvalue weighted by atomic mass is 10.2. The minimum absolute atomic E-state index is 0.0567. The van der Waals surface area contributed by atoms with Crippen LogP contribution in [0, 0.1) is 0 Å². The number of carbonyl (C=O) groups is 2. The van der Waals surface area contributed by atoms with Gasteiger partial charge in [0.25, 0.3) is 0 Å². The summed E-state index contributed by atoms with van der Waals surface area (Å²) in [7, 11) is 4.73. The smallest absolute Gasteiger partial charge is 0.188 e. The number of benzene rings is 6. The summed E-state index contributed by atoms with van der Waals surface area (Å²) in [5.41, 5.74) is 3.75. The number of phenols is 2. The Bertz CT molecular complexity index is 2300. The van der Waals surface area contributed by atoms with Gasteiger partial charge in [0.15, 0.2) is 44.5 Å². The highest BCUT2D eigenvalue weighted by Crippen LogP contribution is 2.30. The molecule has 0 saturated carbocycles. The SMILES string of the molecule is COCOc1cccc(CBr)c1.COCOc1cccc(COc2cc(Cl)ccc2C=O)c1.COCOc1cccc(COc2cc(Cl)ccc2O)c1.O=Cc1ccc(Cl)cc1O. The second-order valence-electron chi connectivity index (χ2n) is 12.5. The molecule has 0 aliphatic rings. The molecule has 0 spiro atoms. The number of hydrogen-bond acceptors (Lipinski definition) is 12. The van der Waals surface area contributed by atoms with Crippen molar-refractivity contribution in [1.29, 1.82) is 0 Å². The average Bonchev–Trinajstić information content (AvgIpc) is 3.30. The number of aldehydes is 2. The molecule has 6 aromatic rings. The van der Waals surface area contributed by atoms with Crippen molar-refractivity contribution in [1.82, 2.24) is 0 Å². The van der Waals surface area contributed by atoms with E-state index in [1.165, 1.54) is 23.8 Å². The van der Waals surface area contributed by atoms with Crippen LogP contribution in [0.2, 0.25) is 15.1 Å². The van der Waals surface area contributed by atoms with Gasteiger partial charge in [-0.1, -0.05) is 87.1 Å². The molecule has 334 valence electrons. The molecule has 0 amide bonds. The molecule has 0 atom stereocenters. The molecule has 6 aromatic carbocycles. The summed E-state index contributed by atoms with van der Waals surface area (Å²) in [4.78, 5) is 21.1. The van der Waals surface area contributed by atoms with Crippen LogP contribution in [0.1, 0.15) is 37.4 Å². The summed E-state index contributed by atoms with van der Waals surface area (Å²) in [6.07, 6.45) is 1.31. The Morgan fingerprint density at radius 1 is 0.476 bits per heavy atom. The van der Waals surface area contributed by atoms with Crippen LogP contribution in [0.15, 0.2) is 127 Å². The molecule has 0 aliphatic heterocycles. The van der Waals surface area contributed by atoms with Crippen LogP contribution in [0.3, 0.4) is 0 Å². The van der Waals surface area contributed by atoms with Gasteiger partial charge in [0, 0.05) is 47.8 Å². The number of halogens is 4. The predicted molar refractivity (Wildman–Crippen MR) is 247 cm³/mol. The minimum atomic E-state index is -0.0810. The number of phenolic OH excluding ortho intramolecular Hbond substituents is 2. The first-order valence-electron chi connectivity index (χ1n) is 18.6. The van der Waals surface area contributed by atoms with E-state index in [9.17, 15) is 14.7 Å². The van der Waals surface area contributed by atoms with Gasteiger partial charge in [-0.3, -0.25) is 9.59 Å². The number of methoxy groups -OCH3 is 3. The van der Waals surface area contributed by atoms with E-state index in [0.717, 1.165) is 28.5 Å². The first-order chi connectivity index (χ1) is 30.5. The normalized spacial score (nSPS) is 10.0. The van der Waals surface area contributed by atoms with Crippen molar-refractivity contribution in [3.63, 3.8) is 0 Å². The molecule has 12 nitrogen and oxygen atoms in total. The molecule has 0 aliphatic carbocycles. The Kier molecular flexibility index (Phi) is 24.5. The molecule has 0 unspecified atom stereocenters. The highest BCUT2D eigenvalue weighted by atomic mass is 79.9. The van der Waals surface area contributed by atoms with Gasteiger partial charge in [-0.25, -0.2) is 0 Å². The quantitative estimate of drug-likeness (QED) is 0.0480. The van der Waals surface area contributed by atoms with E-state index in [4.69, 9.17) is 77.8 Å². The number of aromatic hydroxyl groups is 2. The Balaban J connectivity index is 0.000000233. The molecule has 0 fully saturated rings. The van der Waals surface area contributed by atoms with E-state index in [-0.39, 0.29) is 30.6 Å². The van der Waals surface area contributed by atoms with Gasteiger partial charge in [0.1, 0.15) is 42.0 Å². The van der Waals surface area contributed by atoms with Crippen molar-refractivity contribution < 1.29 is 57.7 Å². The maximum absolute atomic E-state index is 11.0. The van der Waals surface area contributed by atoms with E-state index < -0.39 is 0 Å². The Morgan fingerprint density at radius 3 is 1.35 bits per heavy atom. The summed E-state index contributed by atoms with van der Waals surface area (Å²) in [6, 6.07) is 36.7. The average molecular weight is 989 g/mol. The summed E-state index contributed by atoms with van der Waals surface area (Å²) in [6.45, 7) is 1.29. The fraction of sp³-hybridized carbons (Fsp3) is 0.191. The van der Waals surface area contributed by atoms with Gasteiger partial charge >= 0.3 is 0 Å². The number of ether oxygens (including phenoxy) is 8. The Labute approximate surface area is 389 Å². The van der Waals surface area contributed by atoms with Crippen LogP contribution in [0.25, 0.3) is 0 Å². The van der Waals surface area contributed by atoms with E-state index in [1.54, 1.807) is 57.7 Å². The zero-order valence-electron chi connectivity index (χ0n) is 34.5. The number of hydrogen-bond donors (Lipinski definition) is 2. The third kappa shape index (κ3) is 20.0. The fourth-order valence-corrected chi connectivity index (χ4v) is 5.66. The zero-order valence-corrected chi connectivity index (χ0v) is 38.4. The molecular formula is C47H46BrCl3O12. The van der Waals surface area contributed by atoms with Crippen molar-refractivity contribution >= 4 is 63.3 Å². The van der Waals surface area contributed by atoms with Gasteiger partial charge < -0.3 is 48.1 Å². The third-order valence-corrected chi connectivity index (χ3v) is 9.17.